The Morgan fingerprint density at radius 2 is 2.03 bits per heavy atom. The highest BCUT2D eigenvalue weighted by Crippen LogP contribution is 2.42. The summed E-state index contributed by atoms with van der Waals surface area (Å²) in [7, 11) is -3.58. The van der Waals surface area contributed by atoms with E-state index in [0.717, 1.165) is 0 Å². The lowest BCUT2D eigenvalue weighted by Gasteiger charge is -2.33. The van der Waals surface area contributed by atoms with Gasteiger partial charge in [-0.05, 0) is 51.8 Å². The number of ether oxygens (including phenoxy) is 2. The molecule has 2 heterocycles. The van der Waals surface area contributed by atoms with E-state index in [1.54, 1.807) is 43.8 Å². The molecule has 37 heavy (non-hydrogen) atoms. The molecule has 0 unspecified atom stereocenters. The molecule has 0 aliphatic carbocycles. The molecule has 3 atom stereocenters. The van der Waals surface area contributed by atoms with Gasteiger partial charge >= 0.3 is 5.97 Å². The molecule has 0 saturated heterocycles. The second-order valence-electron chi connectivity index (χ2n) is 9.45. The molecule has 202 valence electrons. The molecule has 13 heteroatoms. The number of carbonyl (C=O) groups excluding carboxylic acids is 1. The Labute approximate surface area is 215 Å². The molecular formula is C24H35FN7O4P. The zero-order chi connectivity index (χ0) is 27.2. The number of anilines is 1. The molecule has 0 amide bonds. The number of benzene rings is 1. The molecule has 0 bridgehead atoms. The Bertz CT molecular complexity index is 1270. The van der Waals surface area contributed by atoms with Crippen molar-refractivity contribution in [3.05, 3.63) is 48.3 Å². The molecule has 4 N–H and O–H groups in total. The molecule has 11 nitrogen and oxygen atoms in total. The van der Waals surface area contributed by atoms with Crippen LogP contribution >= 0.6 is 7.44 Å². The average molecular weight is 536 g/mol. The summed E-state index contributed by atoms with van der Waals surface area (Å²) in [5, 5.41) is 5.98. The SMILES string of the molecule is CCCOC(=O)C(C)(C)N[P@@](=O)(CO[C@H](C)Cn1cnc2c(N)ncnc21)N[C@H](C)c1cccc(F)c1. The van der Waals surface area contributed by atoms with Gasteiger partial charge in [0.15, 0.2) is 11.5 Å². The summed E-state index contributed by atoms with van der Waals surface area (Å²) in [4.78, 5) is 25.1. The van der Waals surface area contributed by atoms with Gasteiger partial charge in [-0.1, -0.05) is 19.1 Å². The van der Waals surface area contributed by atoms with Crippen LogP contribution in [0.1, 0.15) is 52.6 Å². The number of hydrogen-bond donors (Lipinski definition) is 3. The number of fused-ring (bicyclic) bond motifs is 1. The fraction of sp³-hybridized carbons (Fsp3) is 0.500. The third-order valence-electron chi connectivity index (χ3n) is 5.58. The van der Waals surface area contributed by atoms with E-state index in [1.165, 1.54) is 18.5 Å². The largest absolute Gasteiger partial charge is 0.464 e. The summed E-state index contributed by atoms with van der Waals surface area (Å²) >= 11 is 0. The number of esters is 1. The number of nitrogen functional groups attached to an aromatic ring is 1. The second kappa shape index (κ2) is 12.1. The topological polar surface area (TPSA) is 146 Å². The van der Waals surface area contributed by atoms with Crippen LogP contribution in [0.3, 0.4) is 0 Å². The maximum atomic E-state index is 14.1. The van der Waals surface area contributed by atoms with Gasteiger partial charge in [0.2, 0.25) is 7.44 Å². The summed E-state index contributed by atoms with van der Waals surface area (Å²) < 4.78 is 41.0. The summed E-state index contributed by atoms with van der Waals surface area (Å²) in [6.45, 7) is 9.26. The first kappa shape index (κ1) is 28.6. The van der Waals surface area contributed by atoms with Gasteiger partial charge < -0.3 is 19.8 Å². The molecule has 0 radical (unpaired) electrons. The van der Waals surface area contributed by atoms with E-state index in [1.807, 2.05) is 13.8 Å². The van der Waals surface area contributed by atoms with Crippen LogP contribution in [-0.2, 0) is 25.4 Å². The van der Waals surface area contributed by atoms with E-state index in [2.05, 4.69) is 25.1 Å². The highest BCUT2D eigenvalue weighted by molar-refractivity contribution is 7.59. The standard InChI is InChI=1S/C24H35FN7O4P/c1-6-10-35-23(33)24(4,5)31-37(34,30-17(3)18-8-7-9-19(25)11-18)15-36-16(2)12-32-14-29-20-21(26)27-13-28-22(20)32/h7-9,11,13-14,16-17H,6,10,12,15H2,1-5H3,(H2,26,27,28)(H2,30,31,34)/t16-,17-,37-/m1/s1. The molecule has 1 aromatic carbocycles. The van der Waals surface area contributed by atoms with Gasteiger partial charge in [0, 0.05) is 6.04 Å². The maximum Gasteiger partial charge on any atom is 0.326 e. The van der Waals surface area contributed by atoms with Crippen molar-refractivity contribution in [2.45, 2.75) is 65.3 Å². The third-order valence-corrected chi connectivity index (χ3v) is 7.82. The highest BCUT2D eigenvalue weighted by Gasteiger charge is 2.38. The second-order valence-corrected chi connectivity index (χ2v) is 11.7. The van der Waals surface area contributed by atoms with Crippen molar-refractivity contribution < 1.29 is 23.2 Å². The fourth-order valence-electron chi connectivity index (χ4n) is 3.73. The van der Waals surface area contributed by atoms with Crippen LogP contribution in [-0.4, -0.2) is 50.1 Å². The number of nitrogens with zero attached hydrogens (tertiary/aromatic N) is 4. The Balaban J connectivity index is 1.76. The normalized spacial score (nSPS) is 15.3. The number of carbonyl (C=O) groups is 1. The van der Waals surface area contributed by atoms with E-state index in [9.17, 15) is 13.8 Å². The Kier molecular flexibility index (Phi) is 9.36. The van der Waals surface area contributed by atoms with E-state index in [0.29, 0.717) is 29.7 Å². The summed E-state index contributed by atoms with van der Waals surface area (Å²) in [5.74, 6) is -0.664. The lowest BCUT2D eigenvalue weighted by atomic mass is 10.1. The van der Waals surface area contributed by atoms with E-state index < -0.39 is 36.9 Å². The predicted octanol–water partition coefficient (Wildman–Crippen LogP) is 3.78. The number of rotatable bonds is 13. The highest BCUT2D eigenvalue weighted by atomic mass is 31.2. The molecule has 0 saturated carbocycles. The van der Waals surface area contributed by atoms with Gasteiger partial charge in [0.25, 0.3) is 0 Å². The van der Waals surface area contributed by atoms with Gasteiger partial charge in [-0.3, -0.25) is 9.36 Å². The van der Waals surface area contributed by atoms with Crippen molar-refractivity contribution in [3.63, 3.8) is 0 Å². The van der Waals surface area contributed by atoms with Gasteiger partial charge in [-0.2, -0.15) is 0 Å². The Morgan fingerprint density at radius 1 is 1.27 bits per heavy atom. The van der Waals surface area contributed by atoms with Crippen molar-refractivity contribution in [1.29, 1.82) is 0 Å². The first-order chi connectivity index (χ1) is 17.4. The molecule has 3 aromatic rings. The molecule has 0 spiro atoms. The van der Waals surface area contributed by atoms with Crippen LogP contribution in [0.15, 0.2) is 36.9 Å². The minimum atomic E-state index is -3.58. The third kappa shape index (κ3) is 7.54. The number of imidazole rings is 1. The number of nitrogens with one attached hydrogen (secondary N) is 2. The minimum Gasteiger partial charge on any atom is -0.464 e. The summed E-state index contributed by atoms with van der Waals surface area (Å²) in [6, 6.07) is 5.51. The quantitative estimate of drug-likeness (QED) is 0.218. The van der Waals surface area contributed by atoms with E-state index in [-0.39, 0.29) is 18.8 Å². The molecule has 0 aliphatic heterocycles. The first-order valence-corrected chi connectivity index (χ1v) is 13.9. The minimum absolute atomic E-state index is 0.248. The lowest BCUT2D eigenvalue weighted by Crippen LogP contribution is -2.49. The lowest BCUT2D eigenvalue weighted by molar-refractivity contribution is -0.149. The van der Waals surface area contributed by atoms with Gasteiger partial charge in [-0.15, -0.1) is 0 Å². The zero-order valence-electron chi connectivity index (χ0n) is 21.8. The van der Waals surface area contributed by atoms with Crippen LogP contribution in [0, 0.1) is 5.82 Å². The average Bonchev–Trinajstić information content (AvgIpc) is 3.24. The Morgan fingerprint density at radius 3 is 2.73 bits per heavy atom. The van der Waals surface area contributed by atoms with Crippen LogP contribution in [0.4, 0.5) is 10.2 Å². The number of halogens is 1. The number of hydrogen-bond acceptors (Lipinski definition) is 8. The van der Waals surface area contributed by atoms with Crippen LogP contribution in [0.5, 0.6) is 0 Å². The van der Waals surface area contributed by atoms with E-state index >= 15 is 0 Å². The molecule has 0 aliphatic rings. The van der Waals surface area contributed by atoms with E-state index in [4.69, 9.17) is 15.2 Å². The van der Waals surface area contributed by atoms with Crippen LogP contribution in [0.2, 0.25) is 0 Å². The first-order valence-electron chi connectivity index (χ1n) is 12.1. The van der Waals surface area contributed by atoms with Crippen molar-refractivity contribution >= 4 is 30.4 Å². The van der Waals surface area contributed by atoms with Crippen LogP contribution < -0.4 is 15.9 Å². The van der Waals surface area contributed by atoms with Crippen molar-refractivity contribution in [3.8, 4) is 0 Å². The fourth-order valence-corrected chi connectivity index (χ4v) is 6.17. The van der Waals surface area contributed by atoms with Gasteiger partial charge in [0.05, 0.1) is 25.6 Å². The van der Waals surface area contributed by atoms with Gasteiger partial charge in [-0.25, -0.2) is 29.5 Å². The number of nitrogens with two attached hydrogens (primary N) is 1. The van der Waals surface area contributed by atoms with Crippen molar-refractivity contribution in [2.75, 3.05) is 18.7 Å². The Hall–Kier alpha value is -2.92. The zero-order valence-corrected chi connectivity index (χ0v) is 22.7. The maximum absolute atomic E-state index is 14.1. The van der Waals surface area contributed by atoms with Crippen molar-refractivity contribution in [2.24, 2.45) is 0 Å². The predicted molar refractivity (Wildman–Crippen MR) is 139 cm³/mol. The van der Waals surface area contributed by atoms with Gasteiger partial charge in [0.1, 0.15) is 29.5 Å². The van der Waals surface area contributed by atoms with Crippen molar-refractivity contribution in [1.82, 2.24) is 29.7 Å². The molecular weight excluding hydrogens is 500 g/mol. The summed E-state index contributed by atoms with van der Waals surface area (Å²) in [5.41, 5.74) is 6.23. The summed E-state index contributed by atoms with van der Waals surface area (Å²) in [6.07, 6.45) is 2.95. The molecule has 2 aromatic heterocycles. The van der Waals surface area contributed by atoms with Crippen LogP contribution in [0.25, 0.3) is 11.2 Å². The monoisotopic (exact) mass is 535 g/mol. The smallest absolute Gasteiger partial charge is 0.326 e. The molecule has 0 fully saturated rings. The number of aromatic nitrogens is 4. The molecule has 3 rings (SSSR count).